The number of nitrogens with zero attached hydrogens (tertiary/aromatic N) is 2. The fourth-order valence-corrected chi connectivity index (χ4v) is 3.64. The molecule has 0 saturated heterocycles. The van der Waals surface area contributed by atoms with Crippen LogP contribution in [0.5, 0.6) is 0 Å². The second kappa shape index (κ2) is 9.23. The van der Waals surface area contributed by atoms with E-state index >= 15 is 0 Å². The lowest BCUT2D eigenvalue weighted by molar-refractivity contribution is -0.118. The summed E-state index contributed by atoms with van der Waals surface area (Å²) in [6.07, 6.45) is 0. The van der Waals surface area contributed by atoms with Crippen molar-refractivity contribution in [1.82, 2.24) is 14.9 Å². The van der Waals surface area contributed by atoms with Gasteiger partial charge in [0.05, 0.1) is 29.0 Å². The summed E-state index contributed by atoms with van der Waals surface area (Å²) in [5.74, 6) is -0.0217. The normalized spacial score (nSPS) is 11.0. The zero-order chi connectivity index (χ0) is 20.1. The number of rotatable bonds is 7. The first kappa shape index (κ1) is 20.4. The minimum absolute atomic E-state index is 0.133. The number of amides is 1. The van der Waals surface area contributed by atoms with Crippen molar-refractivity contribution in [2.75, 3.05) is 26.0 Å². The Morgan fingerprint density at radius 1 is 1.25 bits per heavy atom. The number of benzene rings is 2. The van der Waals surface area contributed by atoms with E-state index in [-0.39, 0.29) is 17.2 Å². The molecule has 1 amide bonds. The molecule has 1 aromatic heterocycles. The molecule has 3 rings (SSSR count). The molecular weight excluding hydrogens is 398 g/mol. The molecule has 1 N–H and O–H groups in total. The van der Waals surface area contributed by atoms with Gasteiger partial charge in [-0.3, -0.25) is 14.2 Å². The fraction of sp³-hybridized carbons (Fsp3) is 0.250. The lowest BCUT2D eigenvalue weighted by Crippen LogP contribution is -2.29. The quantitative estimate of drug-likeness (QED) is 0.363. The summed E-state index contributed by atoms with van der Waals surface area (Å²) in [5.41, 5.74) is 2.09. The maximum atomic E-state index is 13.2. The minimum Gasteiger partial charge on any atom is -0.383 e. The first-order valence-electron chi connectivity index (χ1n) is 8.67. The van der Waals surface area contributed by atoms with Crippen LogP contribution in [0, 0.1) is 6.92 Å². The molecule has 0 spiro atoms. The van der Waals surface area contributed by atoms with E-state index in [0.717, 1.165) is 5.56 Å². The highest BCUT2D eigenvalue weighted by Crippen LogP contribution is 2.23. The van der Waals surface area contributed by atoms with Crippen molar-refractivity contribution in [1.29, 1.82) is 0 Å². The van der Waals surface area contributed by atoms with Crippen molar-refractivity contribution in [2.45, 2.75) is 12.1 Å². The van der Waals surface area contributed by atoms with Gasteiger partial charge in [0.2, 0.25) is 5.91 Å². The van der Waals surface area contributed by atoms with E-state index in [4.69, 9.17) is 16.3 Å². The van der Waals surface area contributed by atoms with E-state index in [1.165, 1.54) is 16.3 Å². The van der Waals surface area contributed by atoms with Crippen molar-refractivity contribution >= 4 is 40.2 Å². The van der Waals surface area contributed by atoms with Gasteiger partial charge in [-0.25, -0.2) is 4.98 Å². The molecule has 3 aromatic rings. The number of methoxy groups -OCH3 is 1. The fourth-order valence-electron chi connectivity index (χ4n) is 2.63. The molecular formula is C20H20ClN3O3S. The summed E-state index contributed by atoms with van der Waals surface area (Å²) in [6.45, 7) is 2.85. The van der Waals surface area contributed by atoms with E-state index in [9.17, 15) is 9.59 Å². The summed E-state index contributed by atoms with van der Waals surface area (Å²) in [7, 11) is 1.57. The second-order valence-corrected chi connectivity index (χ2v) is 7.54. The predicted octanol–water partition coefficient (Wildman–Crippen LogP) is 3.20. The first-order valence-corrected chi connectivity index (χ1v) is 10.0. The zero-order valence-electron chi connectivity index (χ0n) is 15.6. The summed E-state index contributed by atoms with van der Waals surface area (Å²) in [6, 6.07) is 12.6. The number of aryl methyl sites for hydroxylation is 1. The zero-order valence-corrected chi connectivity index (χ0v) is 17.1. The first-order chi connectivity index (χ1) is 13.5. The van der Waals surface area contributed by atoms with Gasteiger partial charge in [-0.05, 0) is 37.3 Å². The molecule has 0 fully saturated rings. The molecule has 6 nitrogen and oxygen atoms in total. The number of thioether (sulfide) groups is 1. The van der Waals surface area contributed by atoms with Crippen LogP contribution in [0.15, 0.2) is 52.4 Å². The van der Waals surface area contributed by atoms with Crippen LogP contribution in [-0.4, -0.2) is 41.5 Å². The third-order valence-electron chi connectivity index (χ3n) is 4.05. The number of nitrogens with one attached hydrogen (secondary N) is 1. The van der Waals surface area contributed by atoms with Crippen LogP contribution in [0.25, 0.3) is 16.6 Å². The second-order valence-electron chi connectivity index (χ2n) is 6.16. The van der Waals surface area contributed by atoms with Gasteiger partial charge in [0, 0.05) is 18.7 Å². The lowest BCUT2D eigenvalue weighted by atomic mass is 10.2. The third kappa shape index (κ3) is 4.73. The molecule has 0 saturated carbocycles. The van der Waals surface area contributed by atoms with Crippen LogP contribution in [0.4, 0.5) is 0 Å². The Labute approximate surface area is 171 Å². The highest BCUT2D eigenvalue weighted by Gasteiger charge is 2.15. The SMILES string of the molecule is COCCNC(=O)CSc1nc2cc(Cl)ccc2c(=O)n1-c1ccc(C)cc1. The molecule has 0 atom stereocenters. The van der Waals surface area contributed by atoms with Crippen molar-refractivity contribution in [2.24, 2.45) is 0 Å². The number of carbonyl (C=O) groups excluding carboxylic acids is 1. The van der Waals surface area contributed by atoms with Crippen LogP contribution >= 0.6 is 23.4 Å². The summed E-state index contributed by atoms with van der Waals surface area (Å²) >= 11 is 7.27. The summed E-state index contributed by atoms with van der Waals surface area (Å²) in [5, 5.41) is 4.17. The Kier molecular flexibility index (Phi) is 6.72. The highest BCUT2D eigenvalue weighted by atomic mass is 35.5. The third-order valence-corrected chi connectivity index (χ3v) is 5.23. The molecule has 0 aliphatic carbocycles. The van der Waals surface area contributed by atoms with E-state index in [1.807, 2.05) is 31.2 Å². The number of halogens is 1. The van der Waals surface area contributed by atoms with Gasteiger partial charge in [-0.15, -0.1) is 0 Å². The Hall–Kier alpha value is -2.35. The van der Waals surface area contributed by atoms with E-state index < -0.39 is 0 Å². The molecule has 2 aromatic carbocycles. The number of fused-ring (bicyclic) bond motifs is 1. The van der Waals surface area contributed by atoms with Crippen LogP contribution in [0.2, 0.25) is 5.02 Å². The molecule has 0 aliphatic rings. The van der Waals surface area contributed by atoms with E-state index in [0.29, 0.717) is 39.9 Å². The number of ether oxygens (including phenoxy) is 1. The van der Waals surface area contributed by atoms with Crippen molar-refractivity contribution in [3.8, 4) is 5.69 Å². The predicted molar refractivity (Wildman–Crippen MR) is 113 cm³/mol. The average Bonchev–Trinajstić information content (AvgIpc) is 2.67. The highest BCUT2D eigenvalue weighted by molar-refractivity contribution is 7.99. The Bertz CT molecular complexity index is 1050. The van der Waals surface area contributed by atoms with Crippen LogP contribution < -0.4 is 10.9 Å². The number of carbonyl (C=O) groups is 1. The maximum absolute atomic E-state index is 13.2. The Morgan fingerprint density at radius 3 is 2.71 bits per heavy atom. The summed E-state index contributed by atoms with van der Waals surface area (Å²) in [4.78, 5) is 29.8. The van der Waals surface area contributed by atoms with E-state index in [1.54, 1.807) is 25.3 Å². The monoisotopic (exact) mass is 417 g/mol. The standard InChI is InChI=1S/C20H20ClN3O3S/c1-13-3-6-15(7-4-13)24-19(26)16-8-5-14(21)11-17(16)23-20(24)28-12-18(25)22-9-10-27-2/h3-8,11H,9-10,12H2,1-2H3,(H,22,25). The number of aromatic nitrogens is 2. The van der Waals surface area contributed by atoms with Gasteiger partial charge < -0.3 is 10.1 Å². The topological polar surface area (TPSA) is 73.2 Å². The Morgan fingerprint density at radius 2 is 2.00 bits per heavy atom. The minimum atomic E-state index is -0.201. The summed E-state index contributed by atoms with van der Waals surface area (Å²) < 4.78 is 6.46. The van der Waals surface area contributed by atoms with Crippen molar-refractivity contribution in [3.63, 3.8) is 0 Å². The van der Waals surface area contributed by atoms with Gasteiger partial charge in [-0.1, -0.05) is 41.1 Å². The molecule has 0 unspecified atom stereocenters. The lowest BCUT2D eigenvalue weighted by Gasteiger charge is -2.13. The van der Waals surface area contributed by atoms with Crippen LogP contribution in [-0.2, 0) is 9.53 Å². The van der Waals surface area contributed by atoms with Gasteiger partial charge in [0.15, 0.2) is 5.16 Å². The molecule has 0 radical (unpaired) electrons. The number of hydrogen-bond donors (Lipinski definition) is 1. The van der Waals surface area contributed by atoms with Crippen molar-refractivity contribution < 1.29 is 9.53 Å². The molecule has 0 aliphatic heterocycles. The van der Waals surface area contributed by atoms with Gasteiger partial charge >= 0.3 is 0 Å². The maximum Gasteiger partial charge on any atom is 0.266 e. The average molecular weight is 418 g/mol. The van der Waals surface area contributed by atoms with E-state index in [2.05, 4.69) is 10.3 Å². The molecule has 146 valence electrons. The van der Waals surface area contributed by atoms with Gasteiger partial charge in [0.25, 0.3) is 5.56 Å². The van der Waals surface area contributed by atoms with Crippen LogP contribution in [0.1, 0.15) is 5.56 Å². The van der Waals surface area contributed by atoms with Gasteiger partial charge in [0.1, 0.15) is 0 Å². The molecule has 8 heteroatoms. The molecule has 0 bridgehead atoms. The molecule has 28 heavy (non-hydrogen) atoms. The largest absolute Gasteiger partial charge is 0.383 e. The smallest absolute Gasteiger partial charge is 0.266 e. The van der Waals surface area contributed by atoms with Crippen molar-refractivity contribution in [3.05, 3.63) is 63.4 Å². The molecule has 1 heterocycles. The number of hydrogen-bond acceptors (Lipinski definition) is 5. The van der Waals surface area contributed by atoms with Crippen LogP contribution in [0.3, 0.4) is 0 Å². The van der Waals surface area contributed by atoms with Gasteiger partial charge in [-0.2, -0.15) is 0 Å². The Balaban J connectivity index is 2.00.